The lowest BCUT2D eigenvalue weighted by molar-refractivity contribution is -0.108. The summed E-state index contributed by atoms with van der Waals surface area (Å²) < 4.78 is 33.7. The van der Waals surface area contributed by atoms with Gasteiger partial charge in [-0.05, 0) is 85.5 Å². The molecule has 0 unspecified atom stereocenters. The monoisotopic (exact) mass is 859 g/mol. The van der Waals surface area contributed by atoms with Crippen molar-refractivity contribution in [2.24, 2.45) is 10.8 Å². The summed E-state index contributed by atoms with van der Waals surface area (Å²) in [6.45, 7) is 29.5. The molecular weight excluding hydrogens is 795 g/mol. The number of azide groups is 1. The number of ether oxygens (including phenoxy) is 6. The van der Waals surface area contributed by atoms with E-state index in [0.29, 0.717) is 51.6 Å². The van der Waals surface area contributed by atoms with E-state index in [9.17, 15) is 9.59 Å². The van der Waals surface area contributed by atoms with Crippen LogP contribution in [0.5, 0.6) is 0 Å². The molecule has 338 valence electrons. The molecule has 6 rings (SSSR count). The molecule has 2 N–H and O–H groups in total. The van der Waals surface area contributed by atoms with Crippen LogP contribution >= 0.6 is 0 Å². The minimum Gasteiger partial charge on any atom is -0.444 e. The lowest BCUT2D eigenvalue weighted by atomic mass is 10.1. The first-order valence-corrected chi connectivity index (χ1v) is 21.1. The van der Waals surface area contributed by atoms with Crippen LogP contribution in [0.25, 0.3) is 26.2 Å². The second-order valence-corrected chi connectivity index (χ2v) is 17.6. The van der Waals surface area contributed by atoms with Gasteiger partial charge in [0, 0.05) is 41.8 Å². The molecule has 2 amide bonds. The Balaban J connectivity index is 0.000000206. The molecule has 4 heterocycles. The maximum absolute atomic E-state index is 12.2. The van der Waals surface area contributed by atoms with Gasteiger partial charge in [-0.2, -0.15) is 0 Å². The highest BCUT2D eigenvalue weighted by Gasteiger charge is 2.33. The van der Waals surface area contributed by atoms with Gasteiger partial charge in [0.15, 0.2) is 0 Å². The van der Waals surface area contributed by atoms with Crippen molar-refractivity contribution >= 4 is 34.5 Å². The number of nitrogens with zero attached hydrogens (tertiary/aromatic N) is 8. The van der Waals surface area contributed by atoms with Crippen molar-refractivity contribution in [1.82, 2.24) is 14.8 Å². The predicted octanol–water partition coefficient (Wildman–Crippen LogP) is 7.89. The first-order valence-electron chi connectivity index (χ1n) is 21.1. The molecule has 1 aromatic heterocycles. The van der Waals surface area contributed by atoms with Gasteiger partial charge < -0.3 is 48.9 Å². The third kappa shape index (κ3) is 16.2. The Morgan fingerprint density at radius 2 is 1.39 bits per heavy atom. The summed E-state index contributed by atoms with van der Waals surface area (Å²) in [5.41, 5.74) is 16.6. The standard InChI is InChI=1S/C18H27NO4.C16H18N4O.C11H20N4O3/c1-14-10-19(17(20)23-18(2,3)4)11-16(22-14)13-21-12-15-8-6-5-7-9-15;1-11-9-20(10-12(8-17)21-11)15-6-5-14(18-2)16-13(15)4-3-7-19-16;1-8-6-15(10(16)18-11(2,3)4)7-9(17-8)5-13-14-12/h5-9,14,16H,10-13H2,1-4H3;3-7,11-12H,8-10,17H2,1H3;8-9H,5-7H2,1-4H3/t14-,16-;11-,12+;8-,9+/m111/s1. The van der Waals surface area contributed by atoms with Gasteiger partial charge in [0.05, 0.1) is 94.7 Å². The molecule has 3 fully saturated rings. The van der Waals surface area contributed by atoms with Crippen LogP contribution in [0.3, 0.4) is 0 Å². The topological polar surface area (TPSA) is 191 Å². The fourth-order valence-electron chi connectivity index (χ4n) is 7.13. The molecule has 0 spiro atoms. The third-order valence-electron chi connectivity index (χ3n) is 9.50. The summed E-state index contributed by atoms with van der Waals surface area (Å²) in [5.74, 6) is 0. The minimum absolute atomic E-state index is 0.0263. The number of morpholine rings is 3. The highest BCUT2D eigenvalue weighted by Crippen LogP contribution is 2.34. The summed E-state index contributed by atoms with van der Waals surface area (Å²) in [4.78, 5) is 40.3. The van der Waals surface area contributed by atoms with E-state index in [-0.39, 0.29) is 55.4 Å². The molecule has 2 aromatic carbocycles. The van der Waals surface area contributed by atoms with E-state index in [4.69, 9.17) is 46.3 Å². The first kappa shape index (κ1) is 49.4. The zero-order chi connectivity index (χ0) is 45.5. The molecule has 6 atom stereocenters. The smallest absolute Gasteiger partial charge is 0.410 e. The molecule has 0 radical (unpaired) electrons. The maximum Gasteiger partial charge on any atom is 0.410 e. The second-order valence-electron chi connectivity index (χ2n) is 17.6. The molecule has 3 saturated heterocycles. The Labute approximate surface area is 366 Å². The molecule has 3 aromatic rings. The van der Waals surface area contributed by atoms with Crippen LogP contribution in [0.1, 0.15) is 67.9 Å². The number of carbonyl (C=O) groups is 2. The number of carbonyl (C=O) groups excluding carboxylic acids is 2. The highest BCUT2D eigenvalue weighted by atomic mass is 16.6. The Morgan fingerprint density at radius 3 is 1.97 bits per heavy atom. The fraction of sp³-hybridized carbons (Fsp3) is 0.600. The fourth-order valence-corrected chi connectivity index (χ4v) is 7.13. The third-order valence-corrected chi connectivity index (χ3v) is 9.50. The van der Waals surface area contributed by atoms with Crippen molar-refractivity contribution in [1.29, 1.82) is 0 Å². The summed E-state index contributed by atoms with van der Waals surface area (Å²) >= 11 is 0. The van der Waals surface area contributed by atoms with E-state index in [1.165, 1.54) is 0 Å². The summed E-state index contributed by atoms with van der Waals surface area (Å²) in [7, 11) is 0. The van der Waals surface area contributed by atoms with Gasteiger partial charge in [-0.3, -0.25) is 4.98 Å². The number of fused-ring (bicyclic) bond motifs is 1. The van der Waals surface area contributed by atoms with Gasteiger partial charge in [-0.15, -0.1) is 0 Å². The summed E-state index contributed by atoms with van der Waals surface area (Å²) in [6, 6.07) is 17.8. The van der Waals surface area contributed by atoms with E-state index in [0.717, 1.165) is 35.2 Å². The van der Waals surface area contributed by atoms with Gasteiger partial charge in [0.25, 0.3) is 0 Å². The number of nitrogens with two attached hydrogens (primary N) is 1. The summed E-state index contributed by atoms with van der Waals surface area (Å²) in [6.07, 6.45) is 0.745. The molecule has 17 heteroatoms. The number of anilines is 1. The number of hydrogen-bond acceptors (Lipinski definition) is 12. The molecule has 17 nitrogen and oxygen atoms in total. The highest BCUT2D eigenvalue weighted by molar-refractivity contribution is 5.99. The van der Waals surface area contributed by atoms with E-state index < -0.39 is 11.2 Å². The van der Waals surface area contributed by atoms with Gasteiger partial charge in [0.1, 0.15) is 11.2 Å². The van der Waals surface area contributed by atoms with Crippen LogP contribution in [-0.4, -0.2) is 134 Å². The first-order chi connectivity index (χ1) is 29.4. The number of amides is 2. The molecule has 0 bridgehead atoms. The molecule has 0 saturated carbocycles. The van der Waals surface area contributed by atoms with Gasteiger partial charge in [-0.1, -0.05) is 47.6 Å². The van der Waals surface area contributed by atoms with Crippen LogP contribution in [0.4, 0.5) is 21.0 Å². The predicted molar refractivity (Wildman–Crippen MR) is 238 cm³/mol. The zero-order valence-electron chi connectivity index (χ0n) is 37.7. The molecule has 62 heavy (non-hydrogen) atoms. The van der Waals surface area contributed by atoms with Crippen molar-refractivity contribution in [3.05, 3.63) is 88.2 Å². The van der Waals surface area contributed by atoms with E-state index in [2.05, 4.69) is 31.7 Å². The number of hydrogen-bond donors (Lipinski definition) is 1. The van der Waals surface area contributed by atoms with Crippen molar-refractivity contribution in [3.8, 4) is 0 Å². The van der Waals surface area contributed by atoms with Crippen molar-refractivity contribution in [2.75, 3.05) is 63.9 Å². The van der Waals surface area contributed by atoms with Gasteiger partial charge >= 0.3 is 12.2 Å². The zero-order valence-corrected chi connectivity index (χ0v) is 37.7. The van der Waals surface area contributed by atoms with E-state index in [1.807, 2.05) is 110 Å². The SMILES string of the molecule is C[C@@H]1CN(C(=O)OC(C)(C)C)C[C@H](CN=[N+]=[N-])O1.C[C@@H]1CN(C(=O)OC(C)(C)C)C[C@H](COCc2ccccc2)O1.[C-]#[N+]c1ccc(N2C[C@H](CN)O[C@H](C)C2)c2cccnc12. The molecule has 3 aliphatic heterocycles. The number of aromatic nitrogens is 1. The largest absolute Gasteiger partial charge is 0.444 e. The average molecular weight is 860 g/mol. The summed E-state index contributed by atoms with van der Waals surface area (Å²) in [5, 5.41) is 4.49. The Morgan fingerprint density at radius 1 is 0.806 bits per heavy atom. The van der Waals surface area contributed by atoms with Crippen LogP contribution in [0, 0.1) is 6.57 Å². The van der Waals surface area contributed by atoms with Crippen molar-refractivity contribution in [3.63, 3.8) is 0 Å². The van der Waals surface area contributed by atoms with E-state index >= 15 is 0 Å². The Hall–Kier alpha value is -5.21. The molecule has 0 aliphatic carbocycles. The lowest BCUT2D eigenvalue weighted by Gasteiger charge is -2.38. The van der Waals surface area contributed by atoms with Crippen LogP contribution in [-0.2, 0) is 35.0 Å². The maximum atomic E-state index is 12.2. The number of pyridine rings is 1. The quantitative estimate of drug-likeness (QED) is 0.100. The lowest BCUT2D eigenvalue weighted by Crippen LogP contribution is -2.51. The van der Waals surface area contributed by atoms with Crippen molar-refractivity contribution in [2.45, 2.75) is 117 Å². The van der Waals surface area contributed by atoms with Crippen LogP contribution < -0.4 is 10.6 Å². The second kappa shape index (κ2) is 23.3. The van der Waals surface area contributed by atoms with Crippen molar-refractivity contribution < 1.29 is 38.0 Å². The minimum atomic E-state index is -0.515. The van der Waals surface area contributed by atoms with Gasteiger partial charge in [0.2, 0.25) is 5.69 Å². The normalized spacial score (nSPS) is 22.8. The van der Waals surface area contributed by atoms with Crippen LogP contribution in [0.2, 0.25) is 0 Å². The van der Waals surface area contributed by atoms with Gasteiger partial charge in [-0.25, -0.2) is 14.4 Å². The Kier molecular flexibility index (Phi) is 18.6. The van der Waals surface area contributed by atoms with Crippen LogP contribution in [0.15, 0.2) is 65.9 Å². The average Bonchev–Trinajstić information content (AvgIpc) is 3.21. The molecular formula is C45H65N9O8. The van der Waals surface area contributed by atoms with E-state index in [1.54, 1.807) is 16.0 Å². The number of rotatable bonds is 8. The molecule has 3 aliphatic rings. The number of benzene rings is 2. The Bertz CT molecular complexity index is 1980.